The first-order valence-corrected chi connectivity index (χ1v) is 10.4. The number of nitrogens with zero attached hydrogens (tertiary/aromatic N) is 3. The number of hydrogen-bond donors (Lipinski definition) is 0. The molecule has 0 radical (unpaired) electrons. The van der Waals surface area contributed by atoms with E-state index in [9.17, 15) is 9.59 Å². The SMILES string of the molecule is CCC(=O)N1CCCN(C(=O)Cc2csc(-c3ccc(Cl)s3)n2)CC1. The van der Waals surface area contributed by atoms with Crippen LogP contribution in [0.4, 0.5) is 0 Å². The van der Waals surface area contributed by atoms with E-state index in [2.05, 4.69) is 4.98 Å². The first-order chi connectivity index (χ1) is 12.1. The maximum Gasteiger partial charge on any atom is 0.228 e. The summed E-state index contributed by atoms with van der Waals surface area (Å²) in [6.07, 6.45) is 1.65. The van der Waals surface area contributed by atoms with Gasteiger partial charge in [0.2, 0.25) is 11.8 Å². The number of rotatable bonds is 4. The number of carbonyl (C=O) groups is 2. The summed E-state index contributed by atoms with van der Waals surface area (Å²) in [7, 11) is 0. The Kier molecular flexibility index (Phi) is 6.09. The van der Waals surface area contributed by atoms with Crippen molar-refractivity contribution in [2.24, 2.45) is 0 Å². The number of carbonyl (C=O) groups excluding carboxylic acids is 2. The van der Waals surface area contributed by atoms with Crippen molar-refractivity contribution in [3.05, 3.63) is 27.5 Å². The van der Waals surface area contributed by atoms with Crippen LogP contribution in [-0.4, -0.2) is 52.8 Å². The Balaban J connectivity index is 1.59. The number of thiophene rings is 1. The minimum absolute atomic E-state index is 0.0758. The van der Waals surface area contributed by atoms with Gasteiger partial charge >= 0.3 is 0 Å². The van der Waals surface area contributed by atoms with E-state index in [1.54, 1.807) is 0 Å². The molecule has 1 aliphatic heterocycles. The van der Waals surface area contributed by atoms with Crippen molar-refractivity contribution in [3.8, 4) is 9.88 Å². The van der Waals surface area contributed by atoms with Crippen molar-refractivity contribution in [2.45, 2.75) is 26.2 Å². The van der Waals surface area contributed by atoms with Gasteiger partial charge in [0.05, 0.1) is 21.3 Å². The number of hydrogen-bond acceptors (Lipinski definition) is 5. The van der Waals surface area contributed by atoms with Crippen LogP contribution in [0.5, 0.6) is 0 Å². The van der Waals surface area contributed by atoms with Gasteiger partial charge in [-0.3, -0.25) is 9.59 Å². The smallest absolute Gasteiger partial charge is 0.228 e. The van der Waals surface area contributed by atoms with Gasteiger partial charge in [-0.2, -0.15) is 0 Å². The standard InChI is InChI=1S/C17H20ClN3O2S2/c1-2-15(22)20-6-3-7-21(9-8-20)16(23)10-12-11-24-17(19-12)13-4-5-14(18)25-13/h4-5,11H,2-3,6-10H2,1H3. The van der Waals surface area contributed by atoms with Crippen molar-refractivity contribution in [1.29, 1.82) is 0 Å². The first-order valence-electron chi connectivity index (χ1n) is 8.32. The van der Waals surface area contributed by atoms with Crippen LogP contribution >= 0.6 is 34.3 Å². The lowest BCUT2D eigenvalue weighted by molar-refractivity contribution is -0.133. The molecule has 1 aliphatic rings. The Hall–Kier alpha value is -1.44. The van der Waals surface area contributed by atoms with Crippen molar-refractivity contribution in [2.75, 3.05) is 26.2 Å². The molecule has 0 aromatic carbocycles. The van der Waals surface area contributed by atoms with Crippen molar-refractivity contribution >= 4 is 46.1 Å². The van der Waals surface area contributed by atoms with Gasteiger partial charge in [-0.25, -0.2) is 4.98 Å². The highest BCUT2D eigenvalue weighted by atomic mass is 35.5. The minimum Gasteiger partial charge on any atom is -0.341 e. The zero-order valence-corrected chi connectivity index (χ0v) is 16.4. The molecule has 8 heteroatoms. The zero-order chi connectivity index (χ0) is 17.8. The molecule has 3 heterocycles. The lowest BCUT2D eigenvalue weighted by Crippen LogP contribution is -2.37. The predicted molar refractivity (Wildman–Crippen MR) is 102 cm³/mol. The Morgan fingerprint density at radius 1 is 1.16 bits per heavy atom. The molecule has 0 N–H and O–H groups in total. The molecule has 2 amide bonds. The molecule has 0 atom stereocenters. The van der Waals surface area contributed by atoms with Gasteiger partial charge in [0, 0.05) is 38.0 Å². The van der Waals surface area contributed by atoms with Crippen LogP contribution in [-0.2, 0) is 16.0 Å². The number of halogens is 1. The molecular weight excluding hydrogens is 378 g/mol. The third-order valence-corrected chi connectivity index (χ3v) is 6.46. The van der Waals surface area contributed by atoms with Gasteiger partial charge in [0.25, 0.3) is 0 Å². The van der Waals surface area contributed by atoms with Gasteiger partial charge in [-0.05, 0) is 18.6 Å². The molecule has 2 aromatic heterocycles. The molecule has 5 nitrogen and oxygen atoms in total. The fraction of sp³-hybridized carbons (Fsp3) is 0.471. The van der Waals surface area contributed by atoms with Gasteiger partial charge in [-0.1, -0.05) is 18.5 Å². The second kappa shape index (κ2) is 8.29. The lowest BCUT2D eigenvalue weighted by Gasteiger charge is -2.21. The number of amides is 2. The summed E-state index contributed by atoms with van der Waals surface area (Å²) in [6.45, 7) is 4.52. The van der Waals surface area contributed by atoms with Crippen molar-refractivity contribution in [1.82, 2.24) is 14.8 Å². The normalized spacial score (nSPS) is 15.3. The molecule has 0 aliphatic carbocycles. The summed E-state index contributed by atoms with van der Waals surface area (Å²) in [5.41, 5.74) is 0.792. The van der Waals surface area contributed by atoms with Crippen LogP contribution in [0.3, 0.4) is 0 Å². The molecular formula is C17H20ClN3O2S2. The maximum atomic E-state index is 12.6. The molecule has 134 valence electrons. The lowest BCUT2D eigenvalue weighted by atomic mass is 10.3. The summed E-state index contributed by atoms with van der Waals surface area (Å²) < 4.78 is 0.735. The second-order valence-corrected chi connectivity index (χ2v) is 8.47. The monoisotopic (exact) mass is 397 g/mol. The van der Waals surface area contributed by atoms with E-state index in [1.807, 2.05) is 34.2 Å². The van der Waals surface area contributed by atoms with E-state index in [0.717, 1.165) is 32.9 Å². The Labute approximate surface area is 160 Å². The summed E-state index contributed by atoms with van der Waals surface area (Å²) in [5, 5.41) is 2.83. The third-order valence-electron chi connectivity index (χ3n) is 4.17. The van der Waals surface area contributed by atoms with Gasteiger partial charge < -0.3 is 9.80 Å². The molecule has 2 aromatic rings. The van der Waals surface area contributed by atoms with E-state index in [0.29, 0.717) is 32.5 Å². The fourth-order valence-electron chi connectivity index (χ4n) is 2.84. The second-order valence-electron chi connectivity index (χ2n) is 5.89. The van der Waals surface area contributed by atoms with E-state index >= 15 is 0 Å². The molecule has 1 fully saturated rings. The average Bonchev–Trinajstić information content (AvgIpc) is 3.16. The summed E-state index contributed by atoms with van der Waals surface area (Å²) in [5.74, 6) is 0.236. The van der Waals surface area contributed by atoms with Crippen LogP contribution in [0.2, 0.25) is 4.34 Å². The predicted octanol–water partition coefficient (Wildman–Crippen LogP) is 3.54. The largest absolute Gasteiger partial charge is 0.341 e. The van der Waals surface area contributed by atoms with Gasteiger partial charge in [0.15, 0.2) is 0 Å². The Morgan fingerprint density at radius 3 is 2.52 bits per heavy atom. The van der Waals surface area contributed by atoms with Gasteiger partial charge in [0.1, 0.15) is 5.01 Å². The van der Waals surface area contributed by atoms with Gasteiger partial charge in [-0.15, -0.1) is 22.7 Å². The van der Waals surface area contributed by atoms with Crippen molar-refractivity contribution < 1.29 is 9.59 Å². The van der Waals surface area contributed by atoms with E-state index < -0.39 is 0 Å². The van der Waals surface area contributed by atoms with Crippen LogP contribution in [0, 0.1) is 0 Å². The minimum atomic E-state index is 0.0758. The highest BCUT2D eigenvalue weighted by molar-refractivity contribution is 7.23. The van der Waals surface area contributed by atoms with Crippen LogP contribution in [0.25, 0.3) is 9.88 Å². The fourth-order valence-corrected chi connectivity index (χ4v) is 4.77. The number of aromatic nitrogens is 1. The number of thiazole rings is 1. The molecule has 25 heavy (non-hydrogen) atoms. The highest BCUT2D eigenvalue weighted by Gasteiger charge is 2.22. The van der Waals surface area contributed by atoms with Crippen LogP contribution in [0.1, 0.15) is 25.5 Å². The average molecular weight is 398 g/mol. The Bertz CT molecular complexity index is 759. The maximum absolute atomic E-state index is 12.6. The zero-order valence-electron chi connectivity index (χ0n) is 14.0. The molecule has 0 unspecified atom stereocenters. The highest BCUT2D eigenvalue weighted by Crippen LogP contribution is 2.33. The molecule has 0 bridgehead atoms. The molecule has 3 rings (SSSR count). The summed E-state index contributed by atoms with van der Waals surface area (Å²) in [4.78, 5) is 33.7. The molecule has 0 saturated carbocycles. The molecule has 0 spiro atoms. The van der Waals surface area contributed by atoms with E-state index in [1.165, 1.54) is 22.7 Å². The summed E-state index contributed by atoms with van der Waals surface area (Å²) in [6, 6.07) is 3.81. The first kappa shape index (κ1) is 18.4. The quantitative estimate of drug-likeness (QED) is 0.792. The third kappa shape index (κ3) is 4.59. The van der Waals surface area contributed by atoms with Crippen molar-refractivity contribution in [3.63, 3.8) is 0 Å². The summed E-state index contributed by atoms with van der Waals surface area (Å²) >= 11 is 8.99. The molecule has 1 saturated heterocycles. The topological polar surface area (TPSA) is 53.5 Å². The van der Waals surface area contributed by atoms with E-state index in [4.69, 9.17) is 11.6 Å². The van der Waals surface area contributed by atoms with Crippen LogP contribution < -0.4 is 0 Å². The van der Waals surface area contributed by atoms with Crippen LogP contribution in [0.15, 0.2) is 17.5 Å². The Morgan fingerprint density at radius 2 is 1.88 bits per heavy atom. The van der Waals surface area contributed by atoms with E-state index in [-0.39, 0.29) is 11.8 Å².